The average molecular weight is 408 g/mol. The number of carboxylic acids is 1. The summed E-state index contributed by atoms with van der Waals surface area (Å²) in [5.41, 5.74) is -4.01. The largest absolute Gasteiger partial charge is 0.493 e. The van der Waals surface area contributed by atoms with Gasteiger partial charge in [0.25, 0.3) is 0 Å². The van der Waals surface area contributed by atoms with Crippen molar-refractivity contribution in [3.63, 3.8) is 0 Å². The highest BCUT2D eigenvalue weighted by molar-refractivity contribution is 5.90. The number of rotatable bonds is 2. The maximum absolute atomic E-state index is 14.4. The molecule has 1 aliphatic rings. The van der Waals surface area contributed by atoms with Crippen molar-refractivity contribution in [3.8, 4) is 5.75 Å². The van der Waals surface area contributed by atoms with Crippen LogP contribution in [-0.4, -0.2) is 17.7 Å². The van der Waals surface area contributed by atoms with E-state index in [1.807, 2.05) is 0 Å². The van der Waals surface area contributed by atoms with E-state index < -0.39 is 46.7 Å². The predicted molar refractivity (Wildman–Crippen MR) is 81.8 cm³/mol. The molecular weight excluding hydrogens is 397 g/mol. The van der Waals surface area contributed by atoms with Crippen molar-refractivity contribution < 1.29 is 45.4 Å². The van der Waals surface area contributed by atoms with Crippen LogP contribution < -0.4 is 4.74 Å². The van der Waals surface area contributed by atoms with Gasteiger partial charge in [0, 0.05) is 11.5 Å². The van der Waals surface area contributed by atoms with E-state index in [2.05, 4.69) is 0 Å². The van der Waals surface area contributed by atoms with Gasteiger partial charge in [-0.1, -0.05) is 12.1 Å². The molecule has 0 amide bonds. The Morgan fingerprint density at radius 1 is 1.00 bits per heavy atom. The van der Waals surface area contributed by atoms with Crippen LogP contribution in [0.15, 0.2) is 30.3 Å². The van der Waals surface area contributed by atoms with E-state index in [1.165, 1.54) is 0 Å². The Bertz CT molecular complexity index is 932. The highest BCUT2D eigenvalue weighted by Crippen LogP contribution is 2.44. The van der Waals surface area contributed by atoms with Crippen molar-refractivity contribution in [1.29, 1.82) is 0 Å². The van der Waals surface area contributed by atoms with Crippen LogP contribution in [0.5, 0.6) is 5.75 Å². The molecule has 2 aromatic carbocycles. The molecule has 1 unspecified atom stereocenters. The smallest absolute Gasteiger partial charge is 0.419 e. The number of carboxylic acid groups (broad SMARTS) is 1. The van der Waals surface area contributed by atoms with E-state index >= 15 is 0 Å². The zero-order chi connectivity index (χ0) is 20.9. The molecule has 0 saturated carbocycles. The number of halogens is 7. The molecule has 0 aromatic heterocycles. The summed E-state index contributed by atoms with van der Waals surface area (Å²) in [4.78, 5) is 11.5. The van der Waals surface area contributed by atoms with Crippen molar-refractivity contribution in [1.82, 2.24) is 0 Å². The lowest BCUT2D eigenvalue weighted by molar-refractivity contribution is -0.140. The first-order valence-corrected chi connectivity index (χ1v) is 7.88. The van der Waals surface area contributed by atoms with Crippen molar-refractivity contribution >= 4 is 5.97 Å². The van der Waals surface area contributed by atoms with Crippen molar-refractivity contribution in [2.24, 2.45) is 0 Å². The Morgan fingerprint density at radius 2 is 1.64 bits per heavy atom. The van der Waals surface area contributed by atoms with Gasteiger partial charge >= 0.3 is 18.3 Å². The van der Waals surface area contributed by atoms with Crippen LogP contribution >= 0.6 is 0 Å². The molecule has 2 aromatic rings. The normalized spacial score (nSPS) is 17.0. The number of carbonyl (C=O) groups is 1. The van der Waals surface area contributed by atoms with Crippen molar-refractivity contribution in [2.75, 3.05) is 6.61 Å². The molecule has 0 aliphatic carbocycles. The van der Waals surface area contributed by atoms with Gasteiger partial charge in [-0.15, -0.1) is 0 Å². The molecule has 0 radical (unpaired) electrons. The van der Waals surface area contributed by atoms with E-state index in [4.69, 9.17) is 4.74 Å². The fourth-order valence-electron chi connectivity index (χ4n) is 3.21. The van der Waals surface area contributed by atoms with Gasteiger partial charge in [-0.05, 0) is 30.2 Å². The van der Waals surface area contributed by atoms with Crippen LogP contribution in [0.1, 0.15) is 45.0 Å². The first-order chi connectivity index (χ1) is 12.9. The lowest BCUT2D eigenvalue weighted by Crippen LogP contribution is -2.21. The molecule has 0 saturated heterocycles. The van der Waals surface area contributed by atoms with E-state index in [-0.39, 0.29) is 29.9 Å². The molecule has 1 heterocycles. The molecule has 0 spiro atoms. The fourth-order valence-corrected chi connectivity index (χ4v) is 3.21. The fraction of sp³-hybridized carbons (Fsp3) is 0.278. The Balaban J connectivity index is 2.16. The predicted octanol–water partition coefficient (Wildman–Crippen LogP) is 5.48. The maximum Gasteiger partial charge on any atom is 0.419 e. The van der Waals surface area contributed by atoms with Gasteiger partial charge in [-0.3, -0.25) is 0 Å². The van der Waals surface area contributed by atoms with Gasteiger partial charge in [-0.2, -0.15) is 26.3 Å². The number of hydrogen-bond acceptors (Lipinski definition) is 2. The van der Waals surface area contributed by atoms with Crippen LogP contribution in [0.25, 0.3) is 0 Å². The van der Waals surface area contributed by atoms with Crippen LogP contribution in [-0.2, 0) is 12.4 Å². The number of benzene rings is 2. The van der Waals surface area contributed by atoms with Gasteiger partial charge < -0.3 is 9.84 Å². The third-order valence-electron chi connectivity index (χ3n) is 4.45. The topological polar surface area (TPSA) is 46.5 Å². The summed E-state index contributed by atoms with van der Waals surface area (Å²) in [6, 6.07) is 3.80. The summed E-state index contributed by atoms with van der Waals surface area (Å²) < 4.78 is 96.9. The monoisotopic (exact) mass is 408 g/mol. The summed E-state index contributed by atoms with van der Waals surface area (Å²) >= 11 is 0. The number of hydrogen-bond donors (Lipinski definition) is 1. The molecule has 28 heavy (non-hydrogen) atoms. The molecule has 1 atom stereocenters. The Kier molecular flexibility index (Phi) is 4.76. The zero-order valence-corrected chi connectivity index (χ0v) is 13.8. The number of aromatic carboxylic acids is 1. The van der Waals surface area contributed by atoms with Gasteiger partial charge in [0.2, 0.25) is 0 Å². The molecule has 0 fully saturated rings. The minimum atomic E-state index is -5.10. The molecule has 150 valence electrons. The second-order valence-corrected chi connectivity index (χ2v) is 6.13. The second kappa shape index (κ2) is 6.68. The van der Waals surface area contributed by atoms with Crippen LogP contribution in [0, 0.1) is 5.82 Å². The second-order valence-electron chi connectivity index (χ2n) is 6.13. The third-order valence-corrected chi connectivity index (χ3v) is 4.45. The van der Waals surface area contributed by atoms with Gasteiger partial charge in [0.15, 0.2) is 0 Å². The molecule has 10 heteroatoms. The Labute approximate surface area is 153 Å². The number of fused-ring (bicyclic) bond motifs is 1. The SMILES string of the molecule is O=C(O)c1c(C2CCOc3cc(C(F)(F)F)ccc32)ccc(C(F)(F)F)c1F. The molecule has 3 nitrogen and oxygen atoms in total. The molecular formula is C18H11F7O3. The standard InChI is InChI=1S/C18H11F7O3/c19-15-12(18(23,24)25)4-3-11(14(15)16(26)27)9-5-6-28-13-7-8(17(20,21)22)1-2-10(9)13/h1-4,7,9H,5-6H2,(H,26,27). The van der Waals surface area contributed by atoms with Crippen LogP contribution in [0.4, 0.5) is 30.7 Å². The molecule has 3 rings (SSSR count). The maximum atomic E-state index is 14.4. The van der Waals surface area contributed by atoms with E-state index in [0.717, 1.165) is 24.3 Å². The Hall–Kier alpha value is -2.78. The summed E-state index contributed by atoms with van der Waals surface area (Å²) in [6.07, 6.45) is -9.68. The quantitative estimate of drug-likeness (QED) is 0.670. The van der Waals surface area contributed by atoms with Crippen LogP contribution in [0.3, 0.4) is 0 Å². The number of alkyl halides is 6. The van der Waals surface area contributed by atoms with Crippen molar-refractivity contribution in [2.45, 2.75) is 24.7 Å². The summed E-state index contributed by atoms with van der Waals surface area (Å²) in [6.45, 7) is -0.110. The van der Waals surface area contributed by atoms with Gasteiger partial charge in [-0.25, -0.2) is 9.18 Å². The van der Waals surface area contributed by atoms with Crippen LogP contribution in [0.2, 0.25) is 0 Å². The first kappa shape index (κ1) is 20.0. The zero-order valence-electron chi connectivity index (χ0n) is 13.8. The summed E-state index contributed by atoms with van der Waals surface area (Å²) in [5.74, 6) is -4.95. The van der Waals surface area contributed by atoms with E-state index in [1.54, 1.807) is 0 Å². The summed E-state index contributed by atoms with van der Waals surface area (Å²) in [5, 5.41) is 9.28. The van der Waals surface area contributed by atoms with E-state index in [0.29, 0.717) is 6.07 Å². The molecule has 1 aliphatic heterocycles. The molecule has 0 bridgehead atoms. The van der Waals surface area contributed by atoms with Crippen molar-refractivity contribution in [3.05, 3.63) is 64.0 Å². The lowest BCUT2D eigenvalue weighted by Gasteiger charge is -2.28. The summed E-state index contributed by atoms with van der Waals surface area (Å²) in [7, 11) is 0. The highest BCUT2D eigenvalue weighted by atomic mass is 19.4. The molecule has 1 N–H and O–H groups in total. The third kappa shape index (κ3) is 3.50. The first-order valence-electron chi connectivity index (χ1n) is 7.88. The van der Waals surface area contributed by atoms with E-state index in [9.17, 15) is 40.6 Å². The number of ether oxygens (including phenoxy) is 1. The highest BCUT2D eigenvalue weighted by Gasteiger charge is 2.39. The lowest BCUT2D eigenvalue weighted by atomic mass is 9.83. The Morgan fingerprint density at radius 3 is 2.21 bits per heavy atom. The minimum absolute atomic E-state index is 0.0590. The minimum Gasteiger partial charge on any atom is -0.493 e. The average Bonchev–Trinajstić information content (AvgIpc) is 2.58. The van der Waals surface area contributed by atoms with Gasteiger partial charge in [0.1, 0.15) is 11.6 Å². The van der Waals surface area contributed by atoms with Gasteiger partial charge in [0.05, 0.1) is 23.3 Å².